The molecule has 2 nitrogen and oxygen atoms in total. The van der Waals surface area contributed by atoms with Crippen molar-refractivity contribution in [2.45, 2.75) is 26.7 Å². The van der Waals surface area contributed by atoms with Crippen LogP contribution in [0.4, 0.5) is 0 Å². The van der Waals surface area contributed by atoms with Crippen LogP contribution in [0.3, 0.4) is 0 Å². The lowest BCUT2D eigenvalue weighted by molar-refractivity contribution is 0.397. The van der Waals surface area contributed by atoms with Gasteiger partial charge in [-0.25, -0.2) is 4.98 Å². The van der Waals surface area contributed by atoms with Gasteiger partial charge in [0.15, 0.2) is 0 Å². The molecule has 1 aromatic heterocycles. The van der Waals surface area contributed by atoms with Crippen molar-refractivity contribution in [1.82, 2.24) is 4.98 Å². The molecule has 2 heteroatoms. The summed E-state index contributed by atoms with van der Waals surface area (Å²) < 4.78 is 5.00. The Morgan fingerprint density at radius 1 is 1.23 bits per heavy atom. The van der Waals surface area contributed by atoms with Crippen molar-refractivity contribution in [3.05, 3.63) is 23.9 Å². The number of methoxy groups -OCH3 is 1. The van der Waals surface area contributed by atoms with Crippen molar-refractivity contribution >= 4 is 0 Å². The molecule has 0 spiro atoms. The fraction of sp³-hybridized carbons (Fsp3) is 0.545. The van der Waals surface area contributed by atoms with E-state index in [0.717, 1.165) is 0 Å². The average Bonchev–Trinajstić information content (AvgIpc) is 2.17. The predicted molar refractivity (Wildman–Crippen MR) is 54.0 cm³/mol. The van der Waals surface area contributed by atoms with Crippen molar-refractivity contribution in [2.75, 3.05) is 7.11 Å². The Morgan fingerprint density at radius 2 is 1.92 bits per heavy atom. The third-order valence-corrected chi connectivity index (χ3v) is 2.49. The second kappa shape index (κ2) is 4.26. The second-order valence-corrected chi connectivity index (χ2v) is 3.67. The molecule has 0 saturated heterocycles. The highest BCUT2D eigenvalue weighted by molar-refractivity contribution is 5.20. The molecule has 0 aliphatic rings. The standard InChI is InChI=1S/C11H17NO/c1-8(2)9(3)10-5-6-11(13-4)12-7-10/h5-9H,1-4H3/t9-/m0/s1. The smallest absolute Gasteiger partial charge is 0.212 e. The van der Waals surface area contributed by atoms with Gasteiger partial charge in [-0.15, -0.1) is 0 Å². The molecule has 1 heterocycles. The van der Waals surface area contributed by atoms with E-state index >= 15 is 0 Å². The topological polar surface area (TPSA) is 22.1 Å². The Morgan fingerprint density at radius 3 is 2.31 bits per heavy atom. The van der Waals surface area contributed by atoms with Crippen LogP contribution in [0.15, 0.2) is 18.3 Å². The molecule has 0 saturated carbocycles. The van der Waals surface area contributed by atoms with Gasteiger partial charge in [0, 0.05) is 12.3 Å². The minimum atomic E-state index is 0.554. The van der Waals surface area contributed by atoms with E-state index in [4.69, 9.17) is 4.74 Å². The van der Waals surface area contributed by atoms with Crippen molar-refractivity contribution in [1.29, 1.82) is 0 Å². The van der Waals surface area contributed by atoms with Crippen LogP contribution >= 0.6 is 0 Å². The first-order valence-corrected chi connectivity index (χ1v) is 4.65. The van der Waals surface area contributed by atoms with Gasteiger partial charge >= 0.3 is 0 Å². The zero-order chi connectivity index (χ0) is 9.84. The molecular formula is C11H17NO. The minimum absolute atomic E-state index is 0.554. The number of nitrogens with zero attached hydrogens (tertiary/aromatic N) is 1. The van der Waals surface area contributed by atoms with Gasteiger partial charge in [-0.1, -0.05) is 26.8 Å². The molecule has 1 aromatic rings. The summed E-state index contributed by atoms with van der Waals surface area (Å²) in [6, 6.07) is 3.99. The van der Waals surface area contributed by atoms with E-state index in [-0.39, 0.29) is 0 Å². The van der Waals surface area contributed by atoms with Crippen LogP contribution in [-0.2, 0) is 0 Å². The molecule has 1 atom stereocenters. The van der Waals surface area contributed by atoms with E-state index < -0.39 is 0 Å². The molecule has 0 N–H and O–H groups in total. The number of aromatic nitrogens is 1. The monoisotopic (exact) mass is 179 g/mol. The van der Waals surface area contributed by atoms with E-state index in [1.165, 1.54) is 5.56 Å². The summed E-state index contributed by atoms with van der Waals surface area (Å²) in [6.45, 7) is 6.65. The molecule has 0 aliphatic heterocycles. The number of rotatable bonds is 3. The first kappa shape index (κ1) is 10.0. The zero-order valence-electron chi connectivity index (χ0n) is 8.74. The van der Waals surface area contributed by atoms with Crippen molar-refractivity contribution in [3.63, 3.8) is 0 Å². The van der Waals surface area contributed by atoms with Gasteiger partial charge in [0.05, 0.1) is 7.11 Å². The third kappa shape index (κ3) is 2.44. The summed E-state index contributed by atoms with van der Waals surface area (Å²) in [7, 11) is 1.63. The molecule has 0 aromatic carbocycles. The highest BCUT2D eigenvalue weighted by atomic mass is 16.5. The van der Waals surface area contributed by atoms with Crippen LogP contribution in [0.1, 0.15) is 32.3 Å². The first-order chi connectivity index (χ1) is 6.15. The van der Waals surface area contributed by atoms with Crippen LogP contribution < -0.4 is 4.74 Å². The van der Waals surface area contributed by atoms with E-state index in [1.54, 1.807) is 7.11 Å². The summed E-state index contributed by atoms with van der Waals surface area (Å²) in [5.41, 5.74) is 1.27. The van der Waals surface area contributed by atoms with E-state index in [1.807, 2.05) is 12.3 Å². The molecule has 0 aliphatic carbocycles. The molecule has 1 rings (SSSR count). The van der Waals surface area contributed by atoms with Crippen molar-refractivity contribution in [3.8, 4) is 5.88 Å². The summed E-state index contributed by atoms with van der Waals surface area (Å²) in [4.78, 5) is 4.18. The maximum Gasteiger partial charge on any atom is 0.212 e. The van der Waals surface area contributed by atoms with E-state index in [0.29, 0.717) is 17.7 Å². The van der Waals surface area contributed by atoms with E-state index in [9.17, 15) is 0 Å². The van der Waals surface area contributed by atoms with Gasteiger partial charge in [-0.05, 0) is 17.4 Å². The van der Waals surface area contributed by atoms with Gasteiger partial charge in [0.1, 0.15) is 0 Å². The average molecular weight is 179 g/mol. The first-order valence-electron chi connectivity index (χ1n) is 4.65. The van der Waals surface area contributed by atoms with Crippen LogP contribution in [0.25, 0.3) is 0 Å². The Labute approximate surface area is 80.0 Å². The van der Waals surface area contributed by atoms with Gasteiger partial charge < -0.3 is 4.74 Å². The van der Waals surface area contributed by atoms with Crippen LogP contribution in [0, 0.1) is 5.92 Å². The number of ether oxygens (including phenoxy) is 1. The fourth-order valence-electron chi connectivity index (χ4n) is 1.17. The van der Waals surface area contributed by atoms with Crippen molar-refractivity contribution in [2.24, 2.45) is 5.92 Å². The molecule has 0 radical (unpaired) electrons. The SMILES string of the molecule is COc1ccc([C@@H](C)C(C)C)cn1. The number of hydrogen-bond donors (Lipinski definition) is 0. The molecule has 13 heavy (non-hydrogen) atoms. The maximum atomic E-state index is 5.00. The third-order valence-electron chi connectivity index (χ3n) is 2.49. The summed E-state index contributed by atoms with van der Waals surface area (Å²) in [5, 5.41) is 0. The maximum absolute atomic E-state index is 5.00. The van der Waals surface area contributed by atoms with Crippen LogP contribution in [0.5, 0.6) is 5.88 Å². The van der Waals surface area contributed by atoms with Gasteiger partial charge in [0.25, 0.3) is 0 Å². The number of pyridine rings is 1. The molecule has 0 unspecified atom stereocenters. The van der Waals surface area contributed by atoms with Gasteiger partial charge in [-0.2, -0.15) is 0 Å². The van der Waals surface area contributed by atoms with E-state index in [2.05, 4.69) is 31.8 Å². The summed E-state index contributed by atoms with van der Waals surface area (Å²) in [6.07, 6.45) is 1.89. The Bertz CT molecular complexity index is 253. The predicted octanol–water partition coefficient (Wildman–Crippen LogP) is 2.85. The molecule has 0 fully saturated rings. The Kier molecular flexibility index (Phi) is 3.29. The summed E-state index contributed by atoms with van der Waals surface area (Å²) >= 11 is 0. The van der Waals surface area contributed by atoms with Crippen LogP contribution in [-0.4, -0.2) is 12.1 Å². The molecule has 0 bridgehead atoms. The lowest BCUT2D eigenvalue weighted by atomic mass is 9.92. The number of hydrogen-bond acceptors (Lipinski definition) is 2. The fourth-order valence-corrected chi connectivity index (χ4v) is 1.17. The lowest BCUT2D eigenvalue weighted by Crippen LogP contribution is -2.02. The Balaban J connectivity index is 2.79. The minimum Gasteiger partial charge on any atom is -0.481 e. The van der Waals surface area contributed by atoms with Crippen molar-refractivity contribution < 1.29 is 4.74 Å². The largest absolute Gasteiger partial charge is 0.481 e. The van der Waals surface area contributed by atoms with Gasteiger partial charge in [0.2, 0.25) is 5.88 Å². The summed E-state index contributed by atoms with van der Waals surface area (Å²) in [5.74, 6) is 1.88. The quantitative estimate of drug-likeness (QED) is 0.711. The van der Waals surface area contributed by atoms with Crippen LogP contribution in [0.2, 0.25) is 0 Å². The molecule has 72 valence electrons. The lowest BCUT2D eigenvalue weighted by Gasteiger charge is -2.15. The highest BCUT2D eigenvalue weighted by Gasteiger charge is 2.09. The Hall–Kier alpha value is -1.05. The molecular weight excluding hydrogens is 162 g/mol. The molecule has 0 amide bonds. The second-order valence-electron chi connectivity index (χ2n) is 3.67. The highest BCUT2D eigenvalue weighted by Crippen LogP contribution is 2.23. The normalized spacial score (nSPS) is 13.0. The zero-order valence-corrected chi connectivity index (χ0v) is 8.74. The van der Waals surface area contributed by atoms with Gasteiger partial charge in [-0.3, -0.25) is 0 Å².